The van der Waals surface area contributed by atoms with Crippen molar-refractivity contribution in [2.75, 3.05) is 11.4 Å². The summed E-state index contributed by atoms with van der Waals surface area (Å²) in [6, 6.07) is -0.112. The summed E-state index contributed by atoms with van der Waals surface area (Å²) in [6.45, 7) is 0.656. The third kappa shape index (κ3) is 2.44. The summed E-state index contributed by atoms with van der Waals surface area (Å²) in [6.07, 6.45) is 4.55. The molecule has 0 saturated carbocycles. The number of rotatable bonds is 4. The van der Waals surface area contributed by atoms with E-state index in [1.165, 1.54) is 15.7 Å². The average Bonchev–Trinajstić information content (AvgIpc) is 2.97. The zero-order chi connectivity index (χ0) is 15.0. The monoisotopic (exact) mass is 309 g/mol. The number of carbonyl (C=O) groups excluding carboxylic acids is 1. The summed E-state index contributed by atoms with van der Waals surface area (Å²) < 4.78 is 1.48. The van der Waals surface area contributed by atoms with Crippen molar-refractivity contribution < 1.29 is 9.72 Å². The lowest BCUT2D eigenvalue weighted by Crippen LogP contribution is -2.42. The number of primary amides is 1. The van der Waals surface area contributed by atoms with E-state index in [0.29, 0.717) is 17.3 Å². The van der Waals surface area contributed by atoms with Gasteiger partial charge < -0.3 is 20.7 Å². The zero-order valence-corrected chi connectivity index (χ0v) is 12.1. The quantitative estimate of drug-likeness (QED) is 0.681. The standard InChI is InChI=1S/C12H15N5O3S/c13-9(18)7-8-3-1-2-4-15(8)10-11(17(19)20)16-5-6-21-12(16)14-10/h5-6,8H,1-4,7H2,(H2,13,18)/t8-/m0/s1. The maximum Gasteiger partial charge on any atom is 0.373 e. The molecular formula is C12H15N5O3S. The Balaban J connectivity index is 2.04. The van der Waals surface area contributed by atoms with Gasteiger partial charge in [0.1, 0.15) is 6.20 Å². The molecule has 0 radical (unpaired) electrons. The maximum absolute atomic E-state index is 11.4. The number of fused-ring (bicyclic) bond motifs is 1. The molecule has 2 N–H and O–H groups in total. The van der Waals surface area contributed by atoms with Crippen LogP contribution in [0.25, 0.3) is 4.96 Å². The van der Waals surface area contributed by atoms with E-state index in [1.54, 1.807) is 11.6 Å². The largest absolute Gasteiger partial charge is 0.373 e. The van der Waals surface area contributed by atoms with Crippen LogP contribution < -0.4 is 10.6 Å². The number of hydrogen-bond donors (Lipinski definition) is 1. The molecule has 0 unspecified atom stereocenters. The van der Waals surface area contributed by atoms with Gasteiger partial charge in [-0.25, -0.2) is 0 Å². The minimum absolute atomic E-state index is 0.0392. The van der Waals surface area contributed by atoms with E-state index < -0.39 is 10.8 Å². The molecule has 1 amide bonds. The number of imidazole rings is 1. The fourth-order valence-electron chi connectivity index (χ4n) is 2.85. The number of nitrogens with zero attached hydrogens (tertiary/aromatic N) is 4. The van der Waals surface area contributed by atoms with E-state index in [9.17, 15) is 14.9 Å². The second-order valence-electron chi connectivity index (χ2n) is 5.09. The van der Waals surface area contributed by atoms with Crippen LogP contribution in [0.5, 0.6) is 0 Å². The first-order valence-electron chi connectivity index (χ1n) is 6.73. The van der Waals surface area contributed by atoms with Crippen LogP contribution in [0.1, 0.15) is 25.7 Å². The Labute approximate surface area is 124 Å². The molecule has 1 atom stereocenters. The highest BCUT2D eigenvalue weighted by Crippen LogP contribution is 2.35. The molecule has 3 heterocycles. The number of piperidine rings is 1. The smallest absolute Gasteiger partial charge is 0.370 e. The summed E-state index contributed by atoms with van der Waals surface area (Å²) in [4.78, 5) is 29.0. The molecule has 21 heavy (non-hydrogen) atoms. The number of anilines is 1. The van der Waals surface area contributed by atoms with Gasteiger partial charge in [-0.1, -0.05) is 11.3 Å². The van der Waals surface area contributed by atoms with Crippen LogP contribution in [0.4, 0.5) is 11.6 Å². The molecule has 2 aromatic rings. The normalized spacial score (nSPS) is 19.0. The summed E-state index contributed by atoms with van der Waals surface area (Å²) in [7, 11) is 0. The highest BCUT2D eigenvalue weighted by atomic mass is 32.1. The van der Waals surface area contributed by atoms with Gasteiger partial charge in [0.2, 0.25) is 11.7 Å². The van der Waals surface area contributed by atoms with Gasteiger partial charge in [0.25, 0.3) is 4.96 Å². The van der Waals surface area contributed by atoms with Crippen molar-refractivity contribution in [2.45, 2.75) is 31.7 Å². The van der Waals surface area contributed by atoms with Gasteiger partial charge in [0.15, 0.2) is 0 Å². The lowest BCUT2D eigenvalue weighted by molar-refractivity contribution is -0.389. The van der Waals surface area contributed by atoms with Crippen molar-refractivity contribution in [1.29, 1.82) is 0 Å². The molecule has 1 aliphatic heterocycles. The number of nitro groups is 1. The van der Waals surface area contributed by atoms with Crippen LogP contribution in [0.15, 0.2) is 11.6 Å². The summed E-state index contributed by atoms with van der Waals surface area (Å²) in [5.41, 5.74) is 5.29. The summed E-state index contributed by atoms with van der Waals surface area (Å²) >= 11 is 1.35. The fourth-order valence-corrected chi connectivity index (χ4v) is 3.55. The van der Waals surface area contributed by atoms with Gasteiger partial charge in [-0.2, -0.15) is 9.38 Å². The lowest BCUT2D eigenvalue weighted by Gasteiger charge is -2.34. The number of aromatic nitrogens is 2. The first-order valence-corrected chi connectivity index (χ1v) is 7.61. The predicted octanol–water partition coefficient (Wildman–Crippen LogP) is 1.54. The van der Waals surface area contributed by atoms with Crippen LogP contribution in [0.3, 0.4) is 0 Å². The number of nitrogens with two attached hydrogens (primary N) is 1. The zero-order valence-electron chi connectivity index (χ0n) is 11.3. The molecule has 0 spiro atoms. The van der Waals surface area contributed by atoms with Gasteiger partial charge in [-0.3, -0.25) is 4.79 Å². The Bertz CT molecular complexity index is 694. The van der Waals surface area contributed by atoms with Gasteiger partial charge >= 0.3 is 5.82 Å². The Hall–Kier alpha value is -2.16. The Morgan fingerprint density at radius 1 is 1.57 bits per heavy atom. The number of thiazole rings is 1. The average molecular weight is 309 g/mol. The Morgan fingerprint density at radius 3 is 3.10 bits per heavy atom. The van der Waals surface area contributed by atoms with Crippen molar-refractivity contribution in [1.82, 2.24) is 9.38 Å². The maximum atomic E-state index is 11.4. The molecule has 1 saturated heterocycles. The molecule has 0 bridgehead atoms. The van der Waals surface area contributed by atoms with E-state index in [0.717, 1.165) is 19.3 Å². The second-order valence-corrected chi connectivity index (χ2v) is 5.96. The molecule has 112 valence electrons. The fraction of sp³-hybridized carbons (Fsp3) is 0.500. The van der Waals surface area contributed by atoms with Crippen molar-refractivity contribution in [3.8, 4) is 0 Å². The van der Waals surface area contributed by atoms with E-state index in [4.69, 9.17) is 5.73 Å². The third-order valence-corrected chi connectivity index (χ3v) is 4.48. The molecule has 1 fully saturated rings. The van der Waals surface area contributed by atoms with Gasteiger partial charge in [0, 0.05) is 24.4 Å². The molecule has 3 rings (SSSR count). The van der Waals surface area contributed by atoms with Crippen molar-refractivity contribution >= 4 is 33.8 Å². The van der Waals surface area contributed by atoms with E-state index in [1.807, 2.05) is 4.90 Å². The number of carbonyl (C=O) groups is 1. The van der Waals surface area contributed by atoms with E-state index >= 15 is 0 Å². The SMILES string of the molecule is NC(=O)C[C@@H]1CCCCN1c1nc2sccn2c1[N+](=O)[O-]. The molecule has 8 nitrogen and oxygen atoms in total. The summed E-state index contributed by atoms with van der Waals surface area (Å²) in [5.74, 6) is -0.0870. The van der Waals surface area contributed by atoms with Gasteiger partial charge in [0.05, 0.1) is 0 Å². The highest BCUT2D eigenvalue weighted by Gasteiger charge is 2.33. The van der Waals surface area contributed by atoms with Crippen LogP contribution in [-0.2, 0) is 4.79 Å². The van der Waals surface area contributed by atoms with Crippen molar-refractivity contribution in [2.24, 2.45) is 5.73 Å². The Morgan fingerprint density at radius 2 is 2.38 bits per heavy atom. The predicted molar refractivity (Wildman–Crippen MR) is 78.5 cm³/mol. The van der Waals surface area contributed by atoms with Gasteiger partial charge in [-0.15, -0.1) is 0 Å². The minimum atomic E-state index is -0.419. The molecular weight excluding hydrogens is 294 g/mol. The van der Waals surface area contributed by atoms with E-state index in [2.05, 4.69) is 4.98 Å². The number of amides is 1. The second kappa shape index (κ2) is 5.32. The Kier molecular flexibility index (Phi) is 3.50. The highest BCUT2D eigenvalue weighted by molar-refractivity contribution is 7.15. The third-order valence-electron chi connectivity index (χ3n) is 3.73. The molecule has 0 aromatic carbocycles. The van der Waals surface area contributed by atoms with Gasteiger partial charge in [-0.05, 0) is 24.2 Å². The van der Waals surface area contributed by atoms with Crippen molar-refractivity contribution in [3.05, 3.63) is 21.7 Å². The molecule has 0 aliphatic carbocycles. The van der Waals surface area contributed by atoms with Crippen LogP contribution >= 0.6 is 11.3 Å². The first-order chi connectivity index (χ1) is 10.1. The topological polar surface area (TPSA) is 107 Å². The van der Waals surface area contributed by atoms with E-state index in [-0.39, 0.29) is 18.3 Å². The first kappa shape index (κ1) is 13.8. The van der Waals surface area contributed by atoms with Crippen molar-refractivity contribution in [3.63, 3.8) is 0 Å². The minimum Gasteiger partial charge on any atom is -0.370 e. The molecule has 2 aromatic heterocycles. The van der Waals surface area contributed by atoms with Crippen LogP contribution in [0.2, 0.25) is 0 Å². The van der Waals surface area contributed by atoms with Crippen LogP contribution in [0, 0.1) is 10.1 Å². The molecule has 1 aliphatic rings. The summed E-state index contributed by atoms with van der Waals surface area (Å²) in [5, 5.41) is 13.2. The molecule has 9 heteroatoms. The van der Waals surface area contributed by atoms with Crippen LogP contribution in [-0.4, -0.2) is 32.8 Å². The lowest BCUT2D eigenvalue weighted by atomic mass is 9.99. The number of hydrogen-bond acceptors (Lipinski definition) is 6.